The van der Waals surface area contributed by atoms with E-state index in [0.29, 0.717) is 29.7 Å². The zero-order chi connectivity index (χ0) is 20.1. The summed E-state index contributed by atoms with van der Waals surface area (Å²) in [6, 6.07) is 10.1. The summed E-state index contributed by atoms with van der Waals surface area (Å²) in [5.41, 5.74) is 1.16. The van der Waals surface area contributed by atoms with Crippen LogP contribution in [0.15, 0.2) is 34.7 Å². The largest absolute Gasteiger partial charge is 0.414 e. The Kier molecular flexibility index (Phi) is 6.77. The zero-order valence-corrected chi connectivity index (χ0v) is 17.8. The van der Waals surface area contributed by atoms with E-state index in [1.807, 2.05) is 18.2 Å². The number of likely N-dealkylation sites (tertiary alicyclic amines) is 2. The van der Waals surface area contributed by atoms with Crippen LogP contribution < -0.4 is 0 Å². The van der Waals surface area contributed by atoms with E-state index in [1.54, 1.807) is 4.68 Å². The van der Waals surface area contributed by atoms with Gasteiger partial charge in [-0.2, -0.15) is 0 Å². The number of hydrogen-bond acceptors (Lipinski definition) is 5. The standard InChI is InChI=1S/C22H30N4O2S/c27-21(25-12-6-1-2-7-13-25)19-10-14-24(15-11-19)17-26-22(29)28-20(23-26)16-18-8-4-3-5-9-18/h3-5,8-9,19H,1-2,6-7,10-17H2. The van der Waals surface area contributed by atoms with Crippen molar-refractivity contribution in [1.29, 1.82) is 0 Å². The maximum Gasteiger partial charge on any atom is 0.288 e. The van der Waals surface area contributed by atoms with Crippen LogP contribution in [0, 0.1) is 10.8 Å². The van der Waals surface area contributed by atoms with Gasteiger partial charge in [-0.15, -0.1) is 5.10 Å². The molecule has 2 saturated heterocycles. The number of carbonyl (C=O) groups is 1. The van der Waals surface area contributed by atoms with Crippen molar-refractivity contribution in [3.8, 4) is 0 Å². The summed E-state index contributed by atoms with van der Waals surface area (Å²) in [6.07, 6.45) is 7.29. The minimum Gasteiger partial charge on any atom is -0.414 e. The summed E-state index contributed by atoms with van der Waals surface area (Å²) in [4.78, 5) is 17.7. The van der Waals surface area contributed by atoms with Crippen molar-refractivity contribution in [2.24, 2.45) is 5.92 Å². The quantitative estimate of drug-likeness (QED) is 0.695. The van der Waals surface area contributed by atoms with Crippen LogP contribution in [0.25, 0.3) is 0 Å². The molecule has 4 rings (SSSR count). The minimum atomic E-state index is 0.170. The van der Waals surface area contributed by atoms with Gasteiger partial charge in [0.25, 0.3) is 4.84 Å². The van der Waals surface area contributed by atoms with Gasteiger partial charge in [-0.3, -0.25) is 9.69 Å². The highest BCUT2D eigenvalue weighted by Gasteiger charge is 2.29. The van der Waals surface area contributed by atoms with Gasteiger partial charge in [-0.05, 0) is 43.5 Å². The smallest absolute Gasteiger partial charge is 0.288 e. The van der Waals surface area contributed by atoms with Crippen molar-refractivity contribution in [3.63, 3.8) is 0 Å². The van der Waals surface area contributed by atoms with E-state index in [2.05, 4.69) is 27.0 Å². The van der Waals surface area contributed by atoms with Crippen molar-refractivity contribution in [1.82, 2.24) is 19.6 Å². The predicted octanol–water partition coefficient (Wildman–Crippen LogP) is 3.87. The molecule has 1 aromatic heterocycles. The third-order valence-electron chi connectivity index (χ3n) is 6.03. The molecule has 2 aliphatic rings. The summed E-state index contributed by atoms with van der Waals surface area (Å²) in [6.45, 7) is 4.30. The van der Waals surface area contributed by atoms with Gasteiger partial charge in [0.05, 0.1) is 13.1 Å². The Balaban J connectivity index is 1.29. The van der Waals surface area contributed by atoms with Gasteiger partial charge < -0.3 is 9.32 Å². The van der Waals surface area contributed by atoms with E-state index in [4.69, 9.17) is 16.6 Å². The van der Waals surface area contributed by atoms with Gasteiger partial charge in [0, 0.05) is 32.1 Å². The van der Waals surface area contributed by atoms with Crippen molar-refractivity contribution in [2.75, 3.05) is 26.2 Å². The van der Waals surface area contributed by atoms with Gasteiger partial charge in [0.2, 0.25) is 11.8 Å². The van der Waals surface area contributed by atoms with Gasteiger partial charge >= 0.3 is 0 Å². The molecular formula is C22H30N4O2S. The highest BCUT2D eigenvalue weighted by Crippen LogP contribution is 2.22. The molecule has 0 saturated carbocycles. The average molecular weight is 415 g/mol. The van der Waals surface area contributed by atoms with Crippen molar-refractivity contribution in [3.05, 3.63) is 46.6 Å². The lowest BCUT2D eigenvalue weighted by Crippen LogP contribution is -2.43. The van der Waals surface area contributed by atoms with Crippen molar-refractivity contribution < 1.29 is 9.21 Å². The maximum atomic E-state index is 12.9. The number of amides is 1. The van der Waals surface area contributed by atoms with Crippen molar-refractivity contribution >= 4 is 18.1 Å². The summed E-state index contributed by atoms with van der Waals surface area (Å²) in [5.74, 6) is 1.19. The van der Waals surface area contributed by atoms with Crippen LogP contribution in [0.5, 0.6) is 0 Å². The first kappa shape index (κ1) is 20.3. The second-order valence-corrected chi connectivity index (χ2v) is 8.55. The maximum absolute atomic E-state index is 12.9. The first-order chi connectivity index (χ1) is 14.2. The van der Waals surface area contributed by atoms with Crippen LogP contribution in [-0.4, -0.2) is 51.7 Å². The Hall–Kier alpha value is -1.99. The SMILES string of the molecule is O=C(C1CCN(Cn2nc(Cc3ccccc3)oc2=S)CC1)N1CCCCCC1. The summed E-state index contributed by atoms with van der Waals surface area (Å²) < 4.78 is 7.46. The van der Waals surface area contributed by atoms with Crippen molar-refractivity contribution in [2.45, 2.75) is 51.6 Å². The second-order valence-electron chi connectivity index (χ2n) is 8.20. The Bertz CT molecular complexity index is 847. The van der Waals surface area contributed by atoms with Gasteiger partial charge in [-0.1, -0.05) is 43.2 Å². The Morgan fingerprint density at radius 2 is 1.72 bits per heavy atom. The van der Waals surface area contributed by atoms with E-state index in [-0.39, 0.29) is 5.92 Å². The predicted molar refractivity (Wildman–Crippen MR) is 114 cm³/mol. The third kappa shape index (κ3) is 5.34. The average Bonchev–Trinajstić information content (AvgIpc) is 2.94. The van der Waals surface area contributed by atoms with Crippen LogP contribution in [0.4, 0.5) is 0 Å². The van der Waals surface area contributed by atoms with E-state index in [9.17, 15) is 4.79 Å². The molecule has 0 radical (unpaired) electrons. The molecule has 2 aliphatic heterocycles. The number of rotatable bonds is 5. The number of hydrogen-bond donors (Lipinski definition) is 0. The molecule has 1 amide bonds. The fourth-order valence-corrected chi connectivity index (χ4v) is 4.54. The lowest BCUT2D eigenvalue weighted by molar-refractivity contribution is -0.137. The number of carbonyl (C=O) groups excluding carboxylic acids is 1. The van der Waals surface area contributed by atoms with Crippen LogP contribution in [0.3, 0.4) is 0 Å². The molecule has 2 fully saturated rings. The molecule has 2 aromatic rings. The second kappa shape index (κ2) is 9.67. The van der Waals surface area contributed by atoms with E-state index < -0.39 is 0 Å². The lowest BCUT2D eigenvalue weighted by atomic mass is 9.95. The summed E-state index contributed by atoms with van der Waals surface area (Å²) in [7, 11) is 0. The fourth-order valence-electron chi connectivity index (χ4n) is 4.34. The monoisotopic (exact) mass is 414 g/mol. The normalized spacial score (nSPS) is 19.2. The number of nitrogens with zero attached hydrogens (tertiary/aromatic N) is 4. The summed E-state index contributed by atoms with van der Waals surface area (Å²) in [5, 5.41) is 4.57. The summed E-state index contributed by atoms with van der Waals surface area (Å²) >= 11 is 5.37. The van der Waals surface area contributed by atoms with E-state index in [1.165, 1.54) is 12.8 Å². The molecule has 3 heterocycles. The van der Waals surface area contributed by atoms with Gasteiger partial charge in [0.1, 0.15) is 0 Å². The third-order valence-corrected chi connectivity index (χ3v) is 6.33. The zero-order valence-electron chi connectivity index (χ0n) is 17.0. The topological polar surface area (TPSA) is 54.5 Å². The Morgan fingerprint density at radius 3 is 2.41 bits per heavy atom. The lowest BCUT2D eigenvalue weighted by Gasteiger charge is -2.33. The van der Waals surface area contributed by atoms with Crippen LogP contribution in [0.2, 0.25) is 0 Å². The van der Waals surface area contributed by atoms with Crippen LogP contribution in [-0.2, 0) is 17.9 Å². The molecule has 0 N–H and O–H groups in total. The molecule has 0 unspecified atom stereocenters. The number of aromatic nitrogens is 2. The molecule has 156 valence electrons. The molecule has 0 atom stereocenters. The molecule has 0 aliphatic carbocycles. The van der Waals surface area contributed by atoms with Crippen LogP contribution in [0.1, 0.15) is 50.0 Å². The van der Waals surface area contributed by atoms with Crippen LogP contribution >= 0.6 is 12.2 Å². The van der Waals surface area contributed by atoms with Gasteiger partial charge in [0.15, 0.2) is 0 Å². The molecule has 7 heteroatoms. The fraction of sp³-hybridized carbons (Fsp3) is 0.591. The highest BCUT2D eigenvalue weighted by molar-refractivity contribution is 7.71. The Labute approximate surface area is 177 Å². The Morgan fingerprint density at radius 1 is 1.03 bits per heavy atom. The molecule has 0 spiro atoms. The number of benzene rings is 1. The first-order valence-corrected chi connectivity index (χ1v) is 11.2. The molecule has 6 nitrogen and oxygen atoms in total. The molecule has 29 heavy (non-hydrogen) atoms. The highest BCUT2D eigenvalue weighted by atomic mass is 32.1. The molecular weight excluding hydrogens is 384 g/mol. The molecule has 0 bridgehead atoms. The van der Waals surface area contributed by atoms with E-state index in [0.717, 1.165) is 57.4 Å². The van der Waals surface area contributed by atoms with E-state index >= 15 is 0 Å². The number of piperidine rings is 1. The minimum absolute atomic E-state index is 0.170. The molecule has 1 aromatic carbocycles. The van der Waals surface area contributed by atoms with Gasteiger partial charge in [-0.25, -0.2) is 4.68 Å². The first-order valence-electron chi connectivity index (χ1n) is 10.8.